The number of carbonyl (C=O) groups excluding carboxylic acids is 1. The van der Waals surface area contributed by atoms with Gasteiger partial charge in [0.2, 0.25) is 5.91 Å². The van der Waals surface area contributed by atoms with Crippen molar-refractivity contribution in [1.29, 1.82) is 0 Å². The fourth-order valence-electron chi connectivity index (χ4n) is 3.45. The normalized spacial score (nSPS) is 19.3. The molecule has 23 heavy (non-hydrogen) atoms. The van der Waals surface area contributed by atoms with Crippen LogP contribution in [0.5, 0.6) is 0 Å². The van der Waals surface area contributed by atoms with E-state index in [0.717, 1.165) is 50.1 Å². The lowest BCUT2D eigenvalue weighted by atomic mass is 10.0. The minimum absolute atomic E-state index is 0.314. The van der Waals surface area contributed by atoms with Crippen LogP contribution in [0.25, 0.3) is 10.2 Å². The Bertz CT molecular complexity index is 731. The molecule has 4 rings (SSSR count). The van der Waals surface area contributed by atoms with Crippen molar-refractivity contribution in [3.05, 3.63) is 17.3 Å². The number of fused-ring (bicyclic) bond motifs is 1. The van der Waals surface area contributed by atoms with Gasteiger partial charge in [-0.05, 0) is 43.6 Å². The van der Waals surface area contributed by atoms with Crippen molar-refractivity contribution in [2.75, 3.05) is 25.0 Å². The molecule has 3 heterocycles. The number of piperidine rings is 1. The molecular weight excluding hydrogens is 308 g/mol. The van der Waals surface area contributed by atoms with E-state index in [1.54, 1.807) is 17.7 Å². The molecule has 0 atom stereocenters. The second-order valence-electron chi connectivity index (χ2n) is 6.74. The Balaban J connectivity index is 1.47. The van der Waals surface area contributed by atoms with Crippen molar-refractivity contribution in [3.8, 4) is 0 Å². The molecule has 2 aromatic heterocycles. The highest BCUT2D eigenvalue weighted by molar-refractivity contribution is 7.18. The molecule has 1 aliphatic carbocycles. The molecule has 0 unspecified atom stereocenters. The van der Waals surface area contributed by atoms with E-state index in [-0.39, 0.29) is 0 Å². The highest BCUT2D eigenvalue weighted by Gasteiger charge is 2.35. The van der Waals surface area contributed by atoms with E-state index in [4.69, 9.17) is 0 Å². The lowest BCUT2D eigenvalue weighted by Gasteiger charge is -2.37. The average Bonchev–Trinajstić information content (AvgIpc) is 3.37. The topological polar surface area (TPSA) is 49.3 Å². The van der Waals surface area contributed by atoms with Crippen molar-refractivity contribution in [2.45, 2.75) is 38.6 Å². The summed E-state index contributed by atoms with van der Waals surface area (Å²) >= 11 is 1.73. The quantitative estimate of drug-likeness (QED) is 0.868. The Kier molecular flexibility index (Phi) is 3.71. The molecule has 122 valence electrons. The van der Waals surface area contributed by atoms with E-state index in [9.17, 15) is 4.79 Å². The number of carbonyl (C=O) groups is 1. The smallest absolute Gasteiger partial charge is 0.225 e. The second-order valence-corrected chi connectivity index (χ2v) is 7.62. The maximum absolute atomic E-state index is 12.2. The first-order valence-electron chi connectivity index (χ1n) is 8.35. The Morgan fingerprint density at radius 3 is 2.70 bits per heavy atom. The minimum atomic E-state index is 0.314. The summed E-state index contributed by atoms with van der Waals surface area (Å²) in [7, 11) is 1.98. The van der Waals surface area contributed by atoms with Crippen LogP contribution >= 0.6 is 11.3 Å². The van der Waals surface area contributed by atoms with E-state index in [1.807, 2.05) is 11.9 Å². The molecule has 5 nitrogen and oxygen atoms in total. The summed E-state index contributed by atoms with van der Waals surface area (Å²) in [5, 5.41) is 2.15. The van der Waals surface area contributed by atoms with Gasteiger partial charge in [-0.15, -0.1) is 11.3 Å². The first-order chi connectivity index (χ1) is 11.1. The number of aromatic nitrogens is 2. The maximum atomic E-state index is 12.2. The van der Waals surface area contributed by atoms with Gasteiger partial charge in [-0.3, -0.25) is 4.79 Å². The van der Waals surface area contributed by atoms with E-state index in [0.29, 0.717) is 17.9 Å². The number of rotatable bonds is 3. The van der Waals surface area contributed by atoms with Gasteiger partial charge < -0.3 is 9.80 Å². The molecule has 2 fully saturated rings. The Labute approximate surface area is 140 Å². The Morgan fingerprint density at radius 2 is 2.00 bits per heavy atom. The van der Waals surface area contributed by atoms with Crippen molar-refractivity contribution < 1.29 is 4.79 Å². The van der Waals surface area contributed by atoms with Crippen LogP contribution in [-0.2, 0) is 4.79 Å². The van der Waals surface area contributed by atoms with Crippen molar-refractivity contribution >= 4 is 33.3 Å². The van der Waals surface area contributed by atoms with E-state index >= 15 is 0 Å². The molecule has 1 saturated heterocycles. The highest BCUT2D eigenvalue weighted by Crippen LogP contribution is 2.34. The summed E-state index contributed by atoms with van der Waals surface area (Å²) in [6, 6.07) is 0.377. The summed E-state index contributed by atoms with van der Waals surface area (Å²) in [5.41, 5.74) is 2.29. The fourth-order valence-corrected chi connectivity index (χ4v) is 4.46. The molecule has 0 radical (unpaired) electrons. The van der Waals surface area contributed by atoms with Crippen molar-refractivity contribution in [2.24, 2.45) is 5.92 Å². The zero-order chi connectivity index (χ0) is 16.0. The third-order valence-electron chi connectivity index (χ3n) is 5.10. The summed E-state index contributed by atoms with van der Waals surface area (Å²) in [4.78, 5) is 25.5. The summed E-state index contributed by atoms with van der Waals surface area (Å²) in [5.74, 6) is 1.72. The van der Waals surface area contributed by atoms with Crippen LogP contribution in [-0.4, -0.2) is 47.0 Å². The number of hydrogen-bond acceptors (Lipinski definition) is 5. The molecular formula is C17H22N4OS. The van der Waals surface area contributed by atoms with E-state index in [1.165, 1.54) is 10.3 Å². The Morgan fingerprint density at radius 1 is 1.26 bits per heavy atom. The maximum Gasteiger partial charge on any atom is 0.225 e. The van der Waals surface area contributed by atoms with Gasteiger partial charge in [-0.25, -0.2) is 9.97 Å². The first kappa shape index (κ1) is 14.9. The highest BCUT2D eigenvalue weighted by atomic mass is 32.1. The van der Waals surface area contributed by atoms with Gasteiger partial charge in [0, 0.05) is 32.1 Å². The van der Waals surface area contributed by atoms with Crippen LogP contribution in [0, 0.1) is 12.8 Å². The number of amides is 1. The average molecular weight is 330 g/mol. The summed E-state index contributed by atoms with van der Waals surface area (Å²) < 4.78 is 1.19. The third kappa shape index (κ3) is 2.69. The van der Waals surface area contributed by atoms with Crippen LogP contribution in [0.1, 0.15) is 31.2 Å². The van der Waals surface area contributed by atoms with Gasteiger partial charge in [-0.1, -0.05) is 0 Å². The monoisotopic (exact) mass is 330 g/mol. The van der Waals surface area contributed by atoms with Crippen LogP contribution in [0.3, 0.4) is 0 Å². The predicted molar refractivity (Wildman–Crippen MR) is 92.9 cm³/mol. The number of hydrogen-bond donors (Lipinski definition) is 0. The number of nitrogens with zero attached hydrogens (tertiary/aromatic N) is 4. The fraction of sp³-hybridized carbons (Fsp3) is 0.588. The number of thiophene rings is 1. The third-order valence-corrected chi connectivity index (χ3v) is 6.18. The predicted octanol–water partition coefficient (Wildman–Crippen LogP) is 2.84. The van der Waals surface area contributed by atoms with E-state index in [2.05, 4.69) is 27.2 Å². The van der Waals surface area contributed by atoms with Gasteiger partial charge in [0.25, 0.3) is 0 Å². The van der Waals surface area contributed by atoms with Gasteiger partial charge in [0.15, 0.2) is 0 Å². The largest absolute Gasteiger partial charge is 0.355 e. The van der Waals surface area contributed by atoms with Crippen LogP contribution in [0.15, 0.2) is 11.7 Å². The Hall–Kier alpha value is -1.69. The van der Waals surface area contributed by atoms with Gasteiger partial charge in [-0.2, -0.15) is 0 Å². The van der Waals surface area contributed by atoms with Gasteiger partial charge in [0.05, 0.1) is 10.2 Å². The molecule has 2 aliphatic rings. The second kappa shape index (κ2) is 5.74. The molecule has 1 amide bonds. The molecule has 1 saturated carbocycles. The standard InChI is InChI=1S/C17H22N4OS/c1-11-9-23-15-14(11)18-10-19-16(15)21-7-5-13(6-8-21)20(2)17(22)12-3-4-12/h9-10,12-13H,3-8H2,1-2H3. The van der Waals surface area contributed by atoms with Crippen molar-refractivity contribution in [3.63, 3.8) is 0 Å². The zero-order valence-corrected chi connectivity index (χ0v) is 14.5. The minimum Gasteiger partial charge on any atom is -0.355 e. The summed E-state index contributed by atoms with van der Waals surface area (Å²) in [6.07, 6.45) is 5.87. The molecule has 0 N–H and O–H groups in total. The number of aryl methyl sites for hydroxylation is 1. The molecule has 1 aliphatic heterocycles. The van der Waals surface area contributed by atoms with Gasteiger partial charge >= 0.3 is 0 Å². The lowest BCUT2D eigenvalue weighted by Crippen LogP contribution is -2.46. The molecule has 0 bridgehead atoms. The number of anilines is 1. The molecule has 0 aromatic carbocycles. The first-order valence-corrected chi connectivity index (χ1v) is 9.23. The van der Waals surface area contributed by atoms with Crippen molar-refractivity contribution in [1.82, 2.24) is 14.9 Å². The SMILES string of the molecule is Cc1csc2c(N3CCC(N(C)C(=O)C4CC4)CC3)ncnc12. The van der Waals surface area contributed by atoms with Crippen LogP contribution in [0.2, 0.25) is 0 Å². The van der Waals surface area contributed by atoms with Crippen LogP contribution < -0.4 is 4.90 Å². The van der Waals surface area contributed by atoms with E-state index < -0.39 is 0 Å². The zero-order valence-electron chi connectivity index (χ0n) is 13.7. The molecule has 0 spiro atoms. The van der Waals surface area contributed by atoms with Crippen LogP contribution in [0.4, 0.5) is 5.82 Å². The lowest BCUT2D eigenvalue weighted by molar-refractivity contribution is -0.133. The summed E-state index contributed by atoms with van der Waals surface area (Å²) in [6.45, 7) is 4.01. The molecule has 6 heteroatoms. The molecule has 2 aromatic rings. The van der Waals surface area contributed by atoms with Gasteiger partial charge in [0.1, 0.15) is 12.1 Å².